The van der Waals surface area contributed by atoms with Crippen LogP contribution in [0.2, 0.25) is 0 Å². The number of hydrogen-bond acceptors (Lipinski definition) is 7. The van der Waals surface area contributed by atoms with E-state index in [-0.39, 0.29) is 0 Å². The second-order valence-corrected chi connectivity index (χ2v) is 5.17. The van der Waals surface area contributed by atoms with Crippen LogP contribution in [0.15, 0.2) is 0 Å². The van der Waals surface area contributed by atoms with E-state index in [9.17, 15) is 0 Å². The first-order valence-electron chi connectivity index (χ1n) is 12.7. The summed E-state index contributed by atoms with van der Waals surface area (Å²) in [5.41, 5.74) is 0. The predicted molar refractivity (Wildman–Crippen MR) is 167 cm³/mol. The highest BCUT2D eigenvalue weighted by Crippen LogP contribution is 1.57. The van der Waals surface area contributed by atoms with Crippen LogP contribution in [0.1, 0.15) is 115 Å². The maximum atomic E-state index is 7.00. The van der Waals surface area contributed by atoms with E-state index in [2.05, 4.69) is 88.2 Å². The first-order valence-corrected chi connectivity index (χ1v) is 12.7. The molecule has 7 nitrogen and oxygen atoms in total. The molecule has 0 unspecified atom stereocenters. The summed E-state index contributed by atoms with van der Waals surface area (Å²) in [6.45, 7) is 25.2. The maximum Gasteiger partial charge on any atom is 0.0351 e. The average molecular weight is 531 g/mol. The molecule has 0 bridgehead atoms. The minimum atomic E-state index is 1.00. The fraction of sp³-hybridized carbons (Fsp3) is 1.00. The van der Waals surface area contributed by atoms with E-state index in [0.29, 0.717) is 0 Å². The molecule has 35 heavy (non-hydrogen) atoms. The van der Waals surface area contributed by atoms with Crippen molar-refractivity contribution in [1.82, 2.24) is 0 Å². The molecule has 0 heterocycles. The smallest absolute Gasteiger partial charge is 0.0351 e. The van der Waals surface area contributed by atoms with Gasteiger partial charge in [-0.05, 0) is 0 Å². The van der Waals surface area contributed by atoms with Crippen molar-refractivity contribution in [3.8, 4) is 0 Å². The van der Waals surface area contributed by atoms with Crippen molar-refractivity contribution in [3.63, 3.8) is 0 Å². The second kappa shape index (κ2) is 475. The van der Waals surface area contributed by atoms with Crippen LogP contribution in [0, 0.1) is 0 Å². The zero-order valence-corrected chi connectivity index (χ0v) is 29.5. The molecule has 7 heteroatoms. The monoisotopic (exact) mass is 531 g/mol. The van der Waals surface area contributed by atoms with Gasteiger partial charge in [0.05, 0.1) is 0 Å². The average Bonchev–Trinajstić information content (AvgIpc) is 2.84. The number of methoxy groups -OCH3 is 4. The van der Waals surface area contributed by atoms with Gasteiger partial charge in [0, 0.05) is 78.2 Å². The second-order valence-electron chi connectivity index (χ2n) is 5.17. The molecule has 0 saturated heterocycles. The van der Waals surface area contributed by atoms with Gasteiger partial charge in [-0.3, -0.25) is 0 Å². The lowest BCUT2D eigenvalue weighted by Gasteiger charge is -1.61. The van der Waals surface area contributed by atoms with Crippen molar-refractivity contribution in [2.24, 2.45) is 0 Å². The van der Waals surface area contributed by atoms with Crippen molar-refractivity contribution in [2.45, 2.75) is 115 Å². The largest absolute Gasteiger partial charge is 0.400 e. The molecule has 0 aromatic carbocycles. The number of aliphatic hydroxyl groups is 3. The van der Waals surface area contributed by atoms with Gasteiger partial charge in [0.1, 0.15) is 0 Å². The van der Waals surface area contributed by atoms with Gasteiger partial charge in [-0.25, -0.2) is 0 Å². The van der Waals surface area contributed by atoms with Crippen LogP contribution in [0.3, 0.4) is 0 Å². The molecule has 0 radical (unpaired) electrons. The van der Waals surface area contributed by atoms with E-state index in [4.69, 9.17) is 15.3 Å². The van der Waals surface area contributed by atoms with Crippen LogP contribution >= 0.6 is 0 Å². The van der Waals surface area contributed by atoms with Crippen LogP contribution in [0.4, 0.5) is 0 Å². The molecular formula is C28H82O7. The maximum absolute atomic E-state index is 7.00. The van der Waals surface area contributed by atoms with Gasteiger partial charge in [0.15, 0.2) is 0 Å². The van der Waals surface area contributed by atoms with Gasteiger partial charge < -0.3 is 34.3 Å². The Morgan fingerprint density at radius 2 is 0.286 bits per heavy atom. The standard InChI is InChI=1S/5C3H8.4C2H6O.C2H6.3CH4O/c9*1-3-2;4*1-2/h5*3H2,1-2H3;4*1-2H3;1-2H3;3*2H,1H3. The van der Waals surface area contributed by atoms with E-state index in [0.717, 1.165) is 21.3 Å². The lowest BCUT2D eigenvalue weighted by atomic mass is 10.6. The van der Waals surface area contributed by atoms with E-state index < -0.39 is 0 Å². The van der Waals surface area contributed by atoms with Crippen LogP contribution in [-0.2, 0) is 18.9 Å². The van der Waals surface area contributed by atoms with Gasteiger partial charge in [-0.15, -0.1) is 0 Å². The molecule has 0 aliphatic heterocycles. The Morgan fingerprint density at radius 1 is 0.286 bits per heavy atom. The first kappa shape index (κ1) is 83.7. The SMILES string of the molecule is CC.CCC.CCC.CCC.CCC.CCC.CO.CO.CO.COC.COC.COC.COC. The quantitative estimate of drug-likeness (QED) is 0.292. The molecule has 0 amide bonds. The first-order chi connectivity index (χ1) is 16.7. The summed E-state index contributed by atoms with van der Waals surface area (Å²) < 4.78 is 17.0. The van der Waals surface area contributed by atoms with E-state index in [1.807, 2.05) is 13.8 Å². The van der Waals surface area contributed by atoms with Crippen LogP contribution in [0.25, 0.3) is 0 Å². The molecule has 0 aliphatic carbocycles. The third-order valence-corrected chi connectivity index (χ3v) is 0. The molecular weight excluding hydrogens is 448 g/mol. The van der Waals surface area contributed by atoms with Crippen molar-refractivity contribution < 1.29 is 34.3 Å². The van der Waals surface area contributed by atoms with Crippen molar-refractivity contribution >= 4 is 0 Å². The summed E-state index contributed by atoms with van der Waals surface area (Å²) >= 11 is 0. The highest BCUT2D eigenvalue weighted by atomic mass is 16.5. The molecule has 0 aromatic rings. The Hall–Kier alpha value is -0.280. The Bertz CT molecular complexity index is 53.8. The molecule has 0 rings (SSSR count). The van der Waals surface area contributed by atoms with Crippen molar-refractivity contribution in [1.29, 1.82) is 0 Å². The molecule has 0 aliphatic rings. The number of hydrogen-bond donors (Lipinski definition) is 3. The fourth-order valence-corrected chi connectivity index (χ4v) is 0. The summed E-state index contributed by atoms with van der Waals surface area (Å²) in [5, 5.41) is 21.0. The number of ether oxygens (including phenoxy) is 4. The minimum absolute atomic E-state index is 1.00. The molecule has 0 fully saturated rings. The van der Waals surface area contributed by atoms with Crippen molar-refractivity contribution in [2.75, 3.05) is 78.2 Å². The Morgan fingerprint density at radius 3 is 0.286 bits per heavy atom. The van der Waals surface area contributed by atoms with Crippen molar-refractivity contribution in [3.05, 3.63) is 0 Å². The topological polar surface area (TPSA) is 97.6 Å². The van der Waals surface area contributed by atoms with Gasteiger partial charge in [0.2, 0.25) is 0 Å². The van der Waals surface area contributed by atoms with E-state index in [1.165, 1.54) is 32.1 Å². The highest BCUT2D eigenvalue weighted by Gasteiger charge is 1.37. The highest BCUT2D eigenvalue weighted by molar-refractivity contribution is 3.93. The Balaban J connectivity index is -0.0000000137. The summed E-state index contributed by atoms with van der Waals surface area (Å²) in [4.78, 5) is 0. The summed E-state index contributed by atoms with van der Waals surface area (Å²) in [6, 6.07) is 0. The zero-order valence-electron chi connectivity index (χ0n) is 29.5. The lowest BCUT2D eigenvalue weighted by molar-refractivity contribution is 0.277. The Labute approximate surface area is 227 Å². The lowest BCUT2D eigenvalue weighted by Crippen LogP contribution is -1.55. The van der Waals surface area contributed by atoms with Gasteiger partial charge >= 0.3 is 0 Å². The summed E-state index contributed by atoms with van der Waals surface area (Å²) in [5.74, 6) is 0. The predicted octanol–water partition coefficient (Wildman–Crippen LogP) is 7.98. The minimum Gasteiger partial charge on any atom is -0.400 e. The zero-order chi connectivity index (χ0) is 32.4. The van der Waals surface area contributed by atoms with Gasteiger partial charge in [-0.1, -0.05) is 115 Å². The number of rotatable bonds is 0. The molecule has 0 aromatic heterocycles. The number of aliphatic hydroxyl groups excluding tert-OH is 3. The Kier molecular flexibility index (Phi) is 1140. The molecule has 236 valence electrons. The fourth-order valence-electron chi connectivity index (χ4n) is 0. The summed E-state index contributed by atoms with van der Waals surface area (Å²) in [7, 11) is 16.0. The van der Waals surface area contributed by atoms with Gasteiger partial charge in [0.25, 0.3) is 0 Å². The van der Waals surface area contributed by atoms with E-state index >= 15 is 0 Å². The van der Waals surface area contributed by atoms with Crippen LogP contribution in [0.5, 0.6) is 0 Å². The van der Waals surface area contributed by atoms with Crippen LogP contribution in [-0.4, -0.2) is 93.5 Å². The third kappa shape index (κ3) is 433000. The van der Waals surface area contributed by atoms with Gasteiger partial charge in [-0.2, -0.15) is 0 Å². The van der Waals surface area contributed by atoms with E-state index in [1.54, 1.807) is 56.9 Å². The summed E-state index contributed by atoms with van der Waals surface area (Å²) in [6.07, 6.45) is 6.25. The molecule has 0 spiro atoms. The molecule has 3 N–H and O–H groups in total. The van der Waals surface area contributed by atoms with Crippen LogP contribution < -0.4 is 0 Å². The molecule has 0 saturated carbocycles. The third-order valence-electron chi connectivity index (χ3n) is 0. The normalized spacial score (nSPS) is 5.31. The molecule has 0 atom stereocenters.